The average molecular weight is 284 g/mol. The summed E-state index contributed by atoms with van der Waals surface area (Å²) < 4.78 is 5.17. The van der Waals surface area contributed by atoms with E-state index in [1.54, 1.807) is 24.3 Å². The Kier molecular flexibility index (Phi) is 5.83. The van der Waals surface area contributed by atoms with Gasteiger partial charge in [-0.25, -0.2) is 0 Å². The van der Waals surface area contributed by atoms with E-state index in [1.165, 1.54) is 19.3 Å². The predicted molar refractivity (Wildman–Crippen MR) is 81.6 cm³/mol. The monoisotopic (exact) mass is 284 g/mol. The zero-order chi connectivity index (χ0) is 14.9. The molecule has 0 radical (unpaired) electrons. The van der Waals surface area contributed by atoms with Crippen LogP contribution in [0.15, 0.2) is 30.3 Å². The molecule has 1 aliphatic rings. The number of hydrogen-bond donors (Lipinski definition) is 1. The van der Waals surface area contributed by atoms with E-state index in [-0.39, 0.29) is 12.5 Å². The van der Waals surface area contributed by atoms with Crippen LogP contribution in [0.2, 0.25) is 0 Å². The SMILES string of the molecule is N#CCOc1ccc(/C=C/C(=O)NC2CCCCC2)cc1. The predicted octanol–water partition coefficient (Wildman–Crippen LogP) is 3.05. The van der Waals surface area contributed by atoms with Crippen LogP contribution in [0.1, 0.15) is 37.7 Å². The number of carbonyl (C=O) groups is 1. The van der Waals surface area contributed by atoms with E-state index in [9.17, 15) is 4.79 Å². The minimum atomic E-state index is -0.0355. The van der Waals surface area contributed by atoms with Gasteiger partial charge < -0.3 is 10.1 Å². The van der Waals surface area contributed by atoms with Gasteiger partial charge in [0.1, 0.15) is 11.8 Å². The molecule has 110 valence electrons. The third kappa shape index (κ3) is 5.31. The first-order valence-corrected chi connectivity index (χ1v) is 7.36. The third-order valence-corrected chi connectivity index (χ3v) is 3.56. The van der Waals surface area contributed by atoms with Gasteiger partial charge in [-0.15, -0.1) is 0 Å². The van der Waals surface area contributed by atoms with E-state index in [1.807, 2.05) is 18.2 Å². The molecule has 2 rings (SSSR count). The van der Waals surface area contributed by atoms with Crippen LogP contribution in [0.25, 0.3) is 6.08 Å². The van der Waals surface area contributed by atoms with Crippen LogP contribution < -0.4 is 10.1 Å². The van der Waals surface area contributed by atoms with Crippen molar-refractivity contribution >= 4 is 12.0 Å². The number of hydrogen-bond acceptors (Lipinski definition) is 3. The maximum Gasteiger partial charge on any atom is 0.244 e. The first-order chi connectivity index (χ1) is 10.3. The smallest absolute Gasteiger partial charge is 0.244 e. The second kappa shape index (κ2) is 8.11. The summed E-state index contributed by atoms with van der Waals surface area (Å²) in [5.74, 6) is 0.618. The van der Waals surface area contributed by atoms with Crippen molar-refractivity contribution in [3.8, 4) is 11.8 Å². The van der Waals surface area contributed by atoms with Crippen molar-refractivity contribution < 1.29 is 9.53 Å². The molecule has 1 aromatic carbocycles. The van der Waals surface area contributed by atoms with Crippen LogP contribution >= 0.6 is 0 Å². The molecule has 4 heteroatoms. The minimum Gasteiger partial charge on any atom is -0.479 e. The Hall–Kier alpha value is -2.28. The Morgan fingerprint density at radius 2 is 2.00 bits per heavy atom. The van der Waals surface area contributed by atoms with Crippen LogP contribution in [0, 0.1) is 11.3 Å². The standard InChI is InChI=1S/C17H20N2O2/c18-12-13-21-16-9-6-14(7-10-16)8-11-17(20)19-15-4-2-1-3-5-15/h6-11,15H,1-5,13H2,(H,19,20)/b11-8+. The van der Waals surface area contributed by atoms with Gasteiger partial charge in [0.2, 0.25) is 5.91 Å². The third-order valence-electron chi connectivity index (χ3n) is 3.56. The lowest BCUT2D eigenvalue weighted by molar-refractivity contribution is -0.117. The highest BCUT2D eigenvalue weighted by Gasteiger charge is 2.13. The molecule has 1 saturated carbocycles. The van der Waals surface area contributed by atoms with Crippen molar-refractivity contribution in [2.45, 2.75) is 38.1 Å². The Morgan fingerprint density at radius 1 is 1.29 bits per heavy atom. The highest BCUT2D eigenvalue weighted by molar-refractivity contribution is 5.91. The molecule has 4 nitrogen and oxygen atoms in total. The fraction of sp³-hybridized carbons (Fsp3) is 0.412. The highest BCUT2D eigenvalue weighted by atomic mass is 16.5. The van der Waals surface area contributed by atoms with Crippen LogP contribution in [0.4, 0.5) is 0 Å². The van der Waals surface area contributed by atoms with Gasteiger partial charge >= 0.3 is 0 Å². The summed E-state index contributed by atoms with van der Waals surface area (Å²) in [7, 11) is 0. The maximum absolute atomic E-state index is 11.8. The van der Waals surface area contributed by atoms with Crippen molar-refractivity contribution in [1.29, 1.82) is 5.26 Å². The lowest BCUT2D eigenvalue weighted by Gasteiger charge is -2.21. The summed E-state index contributed by atoms with van der Waals surface area (Å²) in [5, 5.41) is 11.5. The van der Waals surface area contributed by atoms with E-state index in [0.29, 0.717) is 11.8 Å². The molecule has 0 bridgehead atoms. The summed E-state index contributed by atoms with van der Waals surface area (Å²) in [6.45, 7) is 0.0407. The van der Waals surface area contributed by atoms with Crippen LogP contribution in [-0.4, -0.2) is 18.6 Å². The average Bonchev–Trinajstić information content (AvgIpc) is 2.53. The number of amides is 1. The van der Waals surface area contributed by atoms with Gasteiger partial charge in [0.25, 0.3) is 0 Å². The Morgan fingerprint density at radius 3 is 2.67 bits per heavy atom. The number of nitrogens with zero attached hydrogens (tertiary/aromatic N) is 1. The van der Waals surface area contributed by atoms with E-state index in [0.717, 1.165) is 18.4 Å². The molecule has 1 amide bonds. The minimum absolute atomic E-state index is 0.0355. The summed E-state index contributed by atoms with van der Waals surface area (Å²) in [6, 6.07) is 9.54. The Balaban J connectivity index is 1.82. The molecule has 0 atom stereocenters. The molecule has 1 aromatic rings. The summed E-state index contributed by atoms with van der Waals surface area (Å²) in [5.41, 5.74) is 0.929. The number of carbonyl (C=O) groups excluding carboxylic acids is 1. The lowest BCUT2D eigenvalue weighted by atomic mass is 9.95. The quantitative estimate of drug-likeness (QED) is 0.845. The van der Waals surface area contributed by atoms with Crippen molar-refractivity contribution in [2.24, 2.45) is 0 Å². The summed E-state index contributed by atoms with van der Waals surface area (Å²) in [6.07, 6.45) is 9.22. The molecule has 21 heavy (non-hydrogen) atoms. The fourth-order valence-electron chi connectivity index (χ4n) is 2.46. The molecule has 0 spiro atoms. The van der Waals surface area contributed by atoms with Crippen molar-refractivity contribution in [2.75, 3.05) is 6.61 Å². The van der Waals surface area contributed by atoms with E-state index in [2.05, 4.69) is 5.32 Å². The van der Waals surface area contributed by atoms with Crippen LogP contribution in [-0.2, 0) is 4.79 Å². The number of nitriles is 1. The lowest BCUT2D eigenvalue weighted by Crippen LogP contribution is -2.34. The molecule has 1 N–H and O–H groups in total. The number of benzene rings is 1. The second-order valence-corrected chi connectivity index (χ2v) is 5.19. The largest absolute Gasteiger partial charge is 0.479 e. The summed E-state index contributed by atoms with van der Waals surface area (Å²) in [4.78, 5) is 11.8. The Bertz CT molecular complexity index is 523. The number of rotatable bonds is 5. The first-order valence-electron chi connectivity index (χ1n) is 7.36. The van der Waals surface area contributed by atoms with Gasteiger partial charge in [0.15, 0.2) is 6.61 Å². The molecular weight excluding hydrogens is 264 g/mol. The van der Waals surface area contributed by atoms with Crippen LogP contribution in [0.5, 0.6) is 5.75 Å². The zero-order valence-corrected chi connectivity index (χ0v) is 12.0. The molecule has 0 unspecified atom stereocenters. The van der Waals surface area contributed by atoms with Gasteiger partial charge in [0, 0.05) is 12.1 Å². The zero-order valence-electron chi connectivity index (χ0n) is 12.0. The van der Waals surface area contributed by atoms with Gasteiger partial charge in [-0.1, -0.05) is 31.4 Å². The Labute approximate surface area is 125 Å². The van der Waals surface area contributed by atoms with Crippen molar-refractivity contribution in [3.63, 3.8) is 0 Å². The van der Waals surface area contributed by atoms with Crippen molar-refractivity contribution in [1.82, 2.24) is 5.32 Å². The molecule has 0 saturated heterocycles. The molecule has 1 aliphatic carbocycles. The maximum atomic E-state index is 11.8. The molecule has 0 aromatic heterocycles. The first kappa shape index (κ1) is 15.1. The normalized spacial score (nSPS) is 15.6. The molecule has 0 aliphatic heterocycles. The topological polar surface area (TPSA) is 62.1 Å². The highest BCUT2D eigenvalue weighted by Crippen LogP contribution is 2.17. The van der Waals surface area contributed by atoms with Gasteiger partial charge in [-0.3, -0.25) is 4.79 Å². The number of ether oxygens (including phenoxy) is 1. The van der Waals surface area contributed by atoms with Gasteiger partial charge in [-0.2, -0.15) is 5.26 Å². The number of nitrogens with one attached hydrogen (secondary N) is 1. The molecule has 0 heterocycles. The van der Waals surface area contributed by atoms with Crippen LogP contribution in [0.3, 0.4) is 0 Å². The molecular formula is C17H20N2O2. The van der Waals surface area contributed by atoms with Gasteiger partial charge in [-0.05, 0) is 36.6 Å². The second-order valence-electron chi connectivity index (χ2n) is 5.19. The van der Waals surface area contributed by atoms with Gasteiger partial charge in [0.05, 0.1) is 0 Å². The summed E-state index contributed by atoms with van der Waals surface area (Å²) >= 11 is 0. The fourth-order valence-corrected chi connectivity index (χ4v) is 2.46. The van der Waals surface area contributed by atoms with Crippen molar-refractivity contribution in [3.05, 3.63) is 35.9 Å². The van der Waals surface area contributed by atoms with E-state index >= 15 is 0 Å². The molecule has 1 fully saturated rings. The van der Waals surface area contributed by atoms with E-state index in [4.69, 9.17) is 10.00 Å². The van der Waals surface area contributed by atoms with E-state index < -0.39 is 0 Å².